The lowest BCUT2D eigenvalue weighted by Gasteiger charge is -2.09. The summed E-state index contributed by atoms with van der Waals surface area (Å²) in [4.78, 5) is 0. The van der Waals surface area contributed by atoms with Crippen LogP contribution in [0.2, 0.25) is 0 Å². The molecule has 15 heavy (non-hydrogen) atoms. The first-order valence-electron chi connectivity index (χ1n) is 5.57. The van der Waals surface area contributed by atoms with Crippen molar-refractivity contribution >= 4 is 0 Å². The fourth-order valence-corrected chi connectivity index (χ4v) is 1.79. The molecule has 1 aromatic carbocycles. The van der Waals surface area contributed by atoms with Crippen LogP contribution in [0.1, 0.15) is 24.0 Å². The van der Waals surface area contributed by atoms with Crippen LogP contribution in [0.3, 0.4) is 0 Å². The Morgan fingerprint density at radius 3 is 2.33 bits per heavy atom. The Labute approximate surface area is 91.4 Å². The molecule has 2 N–H and O–H groups in total. The van der Waals surface area contributed by atoms with Crippen LogP contribution in [-0.4, -0.2) is 19.3 Å². The van der Waals surface area contributed by atoms with Crippen molar-refractivity contribution in [2.45, 2.75) is 31.2 Å². The van der Waals surface area contributed by atoms with E-state index in [0.717, 1.165) is 19.4 Å². The molecule has 2 heteroatoms. The minimum Gasteiger partial charge on any atom is -0.384 e. The molecule has 1 fully saturated rings. The standard InChI is InChI=1S/C13H19NO/c1-15-9-6-11-2-4-12(5-3-11)10-13(14)7-8-13/h2-5H,6-10,14H2,1H3. The molecule has 2 nitrogen and oxygen atoms in total. The second-order valence-electron chi connectivity index (χ2n) is 4.60. The predicted octanol–water partition coefficient (Wildman–Crippen LogP) is 1.91. The van der Waals surface area contributed by atoms with Crippen LogP contribution < -0.4 is 5.73 Å². The third kappa shape index (κ3) is 3.05. The van der Waals surface area contributed by atoms with Gasteiger partial charge >= 0.3 is 0 Å². The third-order valence-electron chi connectivity index (χ3n) is 3.07. The zero-order chi connectivity index (χ0) is 10.7. The number of benzene rings is 1. The molecular weight excluding hydrogens is 186 g/mol. The molecule has 0 aromatic heterocycles. The SMILES string of the molecule is COCCc1ccc(CC2(N)CC2)cc1. The molecule has 0 radical (unpaired) electrons. The summed E-state index contributed by atoms with van der Waals surface area (Å²) in [6.45, 7) is 0.792. The van der Waals surface area contributed by atoms with Gasteiger partial charge in [0.05, 0.1) is 6.61 Å². The van der Waals surface area contributed by atoms with E-state index >= 15 is 0 Å². The van der Waals surface area contributed by atoms with Gasteiger partial charge in [-0.3, -0.25) is 0 Å². The van der Waals surface area contributed by atoms with Gasteiger partial charge in [0.15, 0.2) is 0 Å². The van der Waals surface area contributed by atoms with Gasteiger partial charge < -0.3 is 10.5 Å². The van der Waals surface area contributed by atoms with Crippen molar-refractivity contribution in [2.24, 2.45) is 5.73 Å². The van der Waals surface area contributed by atoms with Crippen molar-refractivity contribution in [2.75, 3.05) is 13.7 Å². The monoisotopic (exact) mass is 205 g/mol. The zero-order valence-corrected chi connectivity index (χ0v) is 9.33. The van der Waals surface area contributed by atoms with E-state index in [9.17, 15) is 0 Å². The van der Waals surface area contributed by atoms with Gasteiger partial charge in [-0.25, -0.2) is 0 Å². The molecule has 1 saturated carbocycles. The van der Waals surface area contributed by atoms with E-state index < -0.39 is 0 Å². The highest BCUT2D eigenvalue weighted by molar-refractivity contribution is 5.25. The highest BCUT2D eigenvalue weighted by Crippen LogP contribution is 2.35. The Balaban J connectivity index is 1.91. The average Bonchev–Trinajstić information content (AvgIpc) is 2.95. The maximum Gasteiger partial charge on any atom is 0.0502 e. The second-order valence-corrected chi connectivity index (χ2v) is 4.60. The quantitative estimate of drug-likeness (QED) is 0.797. The summed E-state index contributed by atoms with van der Waals surface area (Å²) in [7, 11) is 1.74. The lowest BCUT2D eigenvalue weighted by atomic mass is 10.0. The van der Waals surface area contributed by atoms with Crippen LogP contribution in [0.15, 0.2) is 24.3 Å². The largest absolute Gasteiger partial charge is 0.384 e. The smallest absolute Gasteiger partial charge is 0.0502 e. The van der Waals surface area contributed by atoms with E-state index in [1.807, 2.05) is 0 Å². The third-order valence-corrected chi connectivity index (χ3v) is 3.07. The zero-order valence-electron chi connectivity index (χ0n) is 9.33. The molecule has 2 rings (SSSR count). The summed E-state index contributed by atoms with van der Waals surface area (Å²) < 4.78 is 5.05. The Hall–Kier alpha value is -0.860. The van der Waals surface area contributed by atoms with Crippen LogP contribution in [-0.2, 0) is 17.6 Å². The first-order chi connectivity index (χ1) is 7.22. The molecule has 0 atom stereocenters. The minimum absolute atomic E-state index is 0.119. The van der Waals surface area contributed by atoms with Gasteiger partial charge in [0.2, 0.25) is 0 Å². The summed E-state index contributed by atoms with van der Waals surface area (Å²) >= 11 is 0. The molecule has 1 aliphatic rings. The first kappa shape index (κ1) is 10.7. The minimum atomic E-state index is 0.119. The van der Waals surface area contributed by atoms with E-state index in [2.05, 4.69) is 24.3 Å². The summed E-state index contributed by atoms with van der Waals surface area (Å²) in [5.41, 5.74) is 8.89. The van der Waals surface area contributed by atoms with Crippen molar-refractivity contribution < 1.29 is 4.74 Å². The molecule has 0 amide bonds. The molecule has 1 aromatic rings. The van der Waals surface area contributed by atoms with Gasteiger partial charge in [0.25, 0.3) is 0 Å². The van der Waals surface area contributed by atoms with E-state index in [1.54, 1.807) is 7.11 Å². The summed E-state index contributed by atoms with van der Waals surface area (Å²) in [5, 5.41) is 0. The lowest BCUT2D eigenvalue weighted by Crippen LogP contribution is -2.24. The first-order valence-corrected chi connectivity index (χ1v) is 5.57. The normalized spacial score (nSPS) is 17.7. The molecule has 0 unspecified atom stereocenters. The molecule has 0 aliphatic heterocycles. The van der Waals surface area contributed by atoms with Crippen LogP contribution in [0.25, 0.3) is 0 Å². The number of nitrogens with two attached hydrogens (primary N) is 1. The number of ether oxygens (including phenoxy) is 1. The molecule has 0 spiro atoms. The molecule has 0 saturated heterocycles. The fourth-order valence-electron chi connectivity index (χ4n) is 1.79. The fraction of sp³-hybridized carbons (Fsp3) is 0.538. The van der Waals surface area contributed by atoms with Gasteiger partial charge in [-0.15, -0.1) is 0 Å². The molecule has 82 valence electrons. The van der Waals surface area contributed by atoms with Gasteiger partial charge in [0.1, 0.15) is 0 Å². The molecule has 1 aliphatic carbocycles. The van der Waals surface area contributed by atoms with Gasteiger partial charge in [-0.1, -0.05) is 24.3 Å². The predicted molar refractivity (Wildman–Crippen MR) is 61.9 cm³/mol. The second kappa shape index (κ2) is 4.33. The number of rotatable bonds is 5. The van der Waals surface area contributed by atoms with Crippen LogP contribution in [0.5, 0.6) is 0 Å². The Morgan fingerprint density at radius 1 is 1.20 bits per heavy atom. The maximum atomic E-state index is 6.08. The molecule has 0 heterocycles. The van der Waals surface area contributed by atoms with Crippen LogP contribution >= 0.6 is 0 Å². The number of hydrogen-bond acceptors (Lipinski definition) is 2. The highest BCUT2D eigenvalue weighted by atomic mass is 16.5. The highest BCUT2D eigenvalue weighted by Gasteiger charge is 2.37. The van der Waals surface area contributed by atoms with Gasteiger partial charge in [0, 0.05) is 12.6 Å². The van der Waals surface area contributed by atoms with Crippen molar-refractivity contribution in [1.29, 1.82) is 0 Å². The van der Waals surface area contributed by atoms with Crippen molar-refractivity contribution in [3.05, 3.63) is 35.4 Å². The van der Waals surface area contributed by atoms with E-state index in [-0.39, 0.29) is 5.54 Å². The van der Waals surface area contributed by atoms with Crippen molar-refractivity contribution in [3.8, 4) is 0 Å². The van der Waals surface area contributed by atoms with Crippen molar-refractivity contribution in [1.82, 2.24) is 0 Å². The lowest BCUT2D eigenvalue weighted by molar-refractivity contribution is 0.202. The van der Waals surface area contributed by atoms with Crippen molar-refractivity contribution in [3.63, 3.8) is 0 Å². The summed E-state index contributed by atoms with van der Waals surface area (Å²) in [6.07, 6.45) is 4.37. The molecular formula is C13H19NO. The van der Waals surface area contributed by atoms with E-state index in [0.29, 0.717) is 0 Å². The van der Waals surface area contributed by atoms with Crippen LogP contribution in [0, 0.1) is 0 Å². The number of methoxy groups -OCH3 is 1. The Kier molecular flexibility index (Phi) is 3.08. The average molecular weight is 205 g/mol. The number of hydrogen-bond donors (Lipinski definition) is 1. The maximum absolute atomic E-state index is 6.08. The topological polar surface area (TPSA) is 35.2 Å². The van der Waals surface area contributed by atoms with Gasteiger partial charge in [-0.2, -0.15) is 0 Å². The van der Waals surface area contributed by atoms with E-state index in [1.165, 1.54) is 24.0 Å². The summed E-state index contributed by atoms with van der Waals surface area (Å²) in [6, 6.07) is 8.75. The molecule has 0 bridgehead atoms. The Morgan fingerprint density at radius 2 is 1.80 bits per heavy atom. The Bertz CT molecular complexity index is 314. The van der Waals surface area contributed by atoms with Gasteiger partial charge in [-0.05, 0) is 36.8 Å². The van der Waals surface area contributed by atoms with E-state index in [4.69, 9.17) is 10.5 Å². The van der Waals surface area contributed by atoms with Crippen LogP contribution in [0.4, 0.5) is 0 Å². The summed E-state index contributed by atoms with van der Waals surface area (Å²) in [5.74, 6) is 0.